The normalized spacial score (nSPS) is 12.4. The topological polar surface area (TPSA) is 83.5 Å². The summed E-state index contributed by atoms with van der Waals surface area (Å²) in [6.07, 6.45) is 0.550. The maximum absolute atomic E-state index is 10.6. The van der Waals surface area contributed by atoms with E-state index in [0.717, 1.165) is 5.56 Å². The molecule has 4 heteroatoms. The number of hydrogen-bond acceptors (Lipinski definition) is 3. The summed E-state index contributed by atoms with van der Waals surface area (Å²) in [7, 11) is 0. The van der Waals surface area contributed by atoms with E-state index in [1.165, 1.54) is 18.2 Å². The van der Waals surface area contributed by atoms with Crippen molar-refractivity contribution >= 4 is 5.97 Å². The fourth-order valence-electron chi connectivity index (χ4n) is 1.29. The van der Waals surface area contributed by atoms with Crippen molar-refractivity contribution in [1.82, 2.24) is 0 Å². The van der Waals surface area contributed by atoms with Gasteiger partial charge in [-0.25, -0.2) is 4.79 Å². The highest BCUT2D eigenvalue weighted by Gasteiger charge is 2.07. The quantitative estimate of drug-likeness (QED) is 0.671. The number of carboxylic acid groups (broad SMARTS) is 1. The van der Waals surface area contributed by atoms with Crippen molar-refractivity contribution in [2.45, 2.75) is 19.4 Å². The molecule has 0 radical (unpaired) electrons. The molecule has 0 bridgehead atoms. The molecule has 0 aliphatic rings. The number of rotatable bonds is 3. The van der Waals surface area contributed by atoms with Crippen LogP contribution < -0.4 is 5.73 Å². The van der Waals surface area contributed by atoms with E-state index in [1.807, 2.05) is 6.92 Å². The lowest BCUT2D eigenvalue weighted by atomic mass is 10.0. The van der Waals surface area contributed by atoms with Gasteiger partial charge in [0.2, 0.25) is 0 Å². The first-order chi connectivity index (χ1) is 6.49. The van der Waals surface area contributed by atoms with Gasteiger partial charge >= 0.3 is 5.97 Å². The molecule has 1 aromatic rings. The molecular formula is C10H13NO3. The summed E-state index contributed by atoms with van der Waals surface area (Å²) < 4.78 is 0. The molecule has 1 rings (SSSR count). The Morgan fingerprint density at radius 2 is 2.14 bits per heavy atom. The summed E-state index contributed by atoms with van der Waals surface area (Å²) in [5.74, 6) is -1.09. The minimum atomic E-state index is -1.05. The minimum absolute atomic E-state index is 0.0412. The van der Waals surface area contributed by atoms with Crippen LogP contribution in [0.2, 0.25) is 0 Å². The van der Waals surface area contributed by atoms with Crippen LogP contribution in [0.3, 0.4) is 0 Å². The number of carboxylic acids is 1. The Kier molecular flexibility index (Phi) is 3.09. The van der Waals surface area contributed by atoms with Gasteiger partial charge in [0.15, 0.2) is 0 Å². The summed E-state index contributed by atoms with van der Waals surface area (Å²) in [6.45, 7) is 1.82. The molecule has 76 valence electrons. The van der Waals surface area contributed by atoms with Gasteiger partial charge in [-0.05, 0) is 37.1 Å². The van der Waals surface area contributed by atoms with Gasteiger partial charge in [-0.1, -0.05) is 0 Å². The number of phenolic OH excluding ortho intramolecular Hbond substituents is 1. The van der Waals surface area contributed by atoms with Crippen molar-refractivity contribution in [2.24, 2.45) is 5.73 Å². The van der Waals surface area contributed by atoms with E-state index in [0.29, 0.717) is 6.42 Å². The summed E-state index contributed by atoms with van der Waals surface area (Å²) in [6, 6.07) is 4.20. The van der Waals surface area contributed by atoms with Crippen LogP contribution in [0.1, 0.15) is 22.8 Å². The highest BCUT2D eigenvalue weighted by atomic mass is 16.4. The zero-order chi connectivity index (χ0) is 10.7. The number of hydrogen-bond donors (Lipinski definition) is 3. The molecule has 0 fully saturated rings. The third-order valence-corrected chi connectivity index (χ3v) is 1.78. The van der Waals surface area contributed by atoms with Crippen molar-refractivity contribution < 1.29 is 15.0 Å². The van der Waals surface area contributed by atoms with E-state index in [1.54, 1.807) is 0 Å². The molecular weight excluding hydrogens is 182 g/mol. The minimum Gasteiger partial charge on any atom is -0.508 e. The van der Waals surface area contributed by atoms with E-state index in [9.17, 15) is 9.90 Å². The highest BCUT2D eigenvalue weighted by molar-refractivity contribution is 5.88. The Hall–Kier alpha value is -1.55. The maximum atomic E-state index is 10.6. The van der Waals surface area contributed by atoms with Gasteiger partial charge < -0.3 is 15.9 Å². The van der Waals surface area contributed by atoms with Gasteiger partial charge in [-0.3, -0.25) is 0 Å². The molecule has 0 saturated heterocycles. The molecule has 0 amide bonds. The maximum Gasteiger partial charge on any atom is 0.335 e. The molecule has 0 heterocycles. The molecule has 14 heavy (non-hydrogen) atoms. The number of nitrogens with two attached hydrogens (primary N) is 1. The zero-order valence-electron chi connectivity index (χ0n) is 7.90. The number of benzene rings is 1. The molecule has 0 unspecified atom stereocenters. The second-order valence-corrected chi connectivity index (χ2v) is 3.37. The monoisotopic (exact) mass is 195 g/mol. The Morgan fingerprint density at radius 3 is 2.64 bits per heavy atom. The first kappa shape index (κ1) is 10.5. The van der Waals surface area contributed by atoms with Crippen molar-refractivity contribution in [3.63, 3.8) is 0 Å². The van der Waals surface area contributed by atoms with Crippen LogP contribution in [-0.2, 0) is 6.42 Å². The summed E-state index contributed by atoms with van der Waals surface area (Å²) in [5.41, 5.74) is 6.39. The molecule has 0 aromatic heterocycles. The van der Waals surface area contributed by atoms with Crippen molar-refractivity contribution in [3.8, 4) is 5.75 Å². The van der Waals surface area contributed by atoms with E-state index >= 15 is 0 Å². The smallest absolute Gasteiger partial charge is 0.335 e. The van der Waals surface area contributed by atoms with E-state index in [-0.39, 0.29) is 17.4 Å². The first-order valence-corrected chi connectivity index (χ1v) is 4.31. The highest BCUT2D eigenvalue weighted by Crippen LogP contribution is 2.16. The van der Waals surface area contributed by atoms with Crippen molar-refractivity contribution in [1.29, 1.82) is 0 Å². The Bertz CT molecular complexity index is 347. The number of carbonyl (C=O) groups is 1. The van der Waals surface area contributed by atoms with Gasteiger partial charge in [0.25, 0.3) is 0 Å². The third-order valence-electron chi connectivity index (χ3n) is 1.78. The fraction of sp³-hybridized carbons (Fsp3) is 0.300. The van der Waals surface area contributed by atoms with Crippen LogP contribution in [-0.4, -0.2) is 22.2 Å². The Morgan fingerprint density at radius 1 is 1.50 bits per heavy atom. The van der Waals surface area contributed by atoms with Crippen molar-refractivity contribution in [3.05, 3.63) is 29.3 Å². The average Bonchev–Trinajstić information content (AvgIpc) is 2.01. The molecule has 0 spiro atoms. The molecule has 4 nitrogen and oxygen atoms in total. The molecule has 0 aliphatic heterocycles. The number of phenols is 1. The van der Waals surface area contributed by atoms with Crippen LogP contribution in [0.15, 0.2) is 18.2 Å². The predicted molar refractivity (Wildman–Crippen MR) is 52.4 cm³/mol. The molecule has 0 saturated carbocycles. The molecule has 1 atom stereocenters. The second-order valence-electron chi connectivity index (χ2n) is 3.37. The summed E-state index contributed by atoms with van der Waals surface area (Å²) >= 11 is 0. The fourth-order valence-corrected chi connectivity index (χ4v) is 1.29. The number of aromatic hydroxyl groups is 1. The lowest BCUT2D eigenvalue weighted by Gasteiger charge is -2.06. The lowest BCUT2D eigenvalue weighted by molar-refractivity contribution is 0.0696. The van der Waals surface area contributed by atoms with Gasteiger partial charge in [0, 0.05) is 6.04 Å². The predicted octanol–water partition coefficient (Wildman–Crippen LogP) is 0.980. The zero-order valence-corrected chi connectivity index (χ0v) is 7.90. The van der Waals surface area contributed by atoms with E-state index in [2.05, 4.69) is 0 Å². The van der Waals surface area contributed by atoms with Gasteiger partial charge in [0.05, 0.1) is 5.56 Å². The van der Waals surface area contributed by atoms with Gasteiger partial charge in [-0.15, -0.1) is 0 Å². The number of aromatic carboxylic acids is 1. The van der Waals surface area contributed by atoms with Crippen LogP contribution in [0.5, 0.6) is 5.75 Å². The van der Waals surface area contributed by atoms with E-state index < -0.39 is 5.97 Å². The second kappa shape index (κ2) is 4.11. The SMILES string of the molecule is C[C@H](N)Cc1cc(O)cc(C(=O)O)c1. The standard InChI is InChI=1S/C10H13NO3/c1-6(11)2-7-3-8(10(13)14)5-9(12)4-7/h3-6,12H,2,11H2,1H3,(H,13,14)/t6-/m0/s1. The average molecular weight is 195 g/mol. The summed E-state index contributed by atoms with van der Waals surface area (Å²) in [5, 5.41) is 18.0. The largest absolute Gasteiger partial charge is 0.508 e. The van der Waals surface area contributed by atoms with Crippen LogP contribution >= 0.6 is 0 Å². The van der Waals surface area contributed by atoms with Crippen LogP contribution in [0, 0.1) is 0 Å². The van der Waals surface area contributed by atoms with Gasteiger partial charge in [0.1, 0.15) is 5.75 Å². The summed E-state index contributed by atoms with van der Waals surface area (Å²) in [4.78, 5) is 10.6. The first-order valence-electron chi connectivity index (χ1n) is 4.31. The van der Waals surface area contributed by atoms with Crippen LogP contribution in [0.25, 0.3) is 0 Å². The van der Waals surface area contributed by atoms with Gasteiger partial charge in [-0.2, -0.15) is 0 Å². The molecule has 1 aromatic carbocycles. The molecule has 4 N–H and O–H groups in total. The Balaban J connectivity index is 3.01. The van der Waals surface area contributed by atoms with Crippen LogP contribution in [0.4, 0.5) is 0 Å². The lowest BCUT2D eigenvalue weighted by Crippen LogP contribution is -2.17. The molecule has 0 aliphatic carbocycles. The third kappa shape index (κ3) is 2.74. The van der Waals surface area contributed by atoms with Crippen molar-refractivity contribution in [2.75, 3.05) is 0 Å². The van der Waals surface area contributed by atoms with E-state index in [4.69, 9.17) is 10.8 Å². The Labute approximate surface area is 82.0 Å².